The van der Waals surface area contributed by atoms with E-state index >= 15 is 0 Å². The van der Waals surface area contributed by atoms with E-state index in [9.17, 15) is 14.4 Å². The standard InChI is InChI=1S/C9H6O6.C6H5N5/c10-7(11)4-1-5(8(12)13)3-6(2-4)9(14)15;1-2-5(4-7-3-1)6-8-10-11-9-6/h1-3H,(H,10,11)(H,12,13)(H,14,15);1-4H,(H,8,9,10,11). The number of aromatic carboxylic acids is 3. The van der Waals surface area contributed by atoms with Crippen molar-refractivity contribution in [3.63, 3.8) is 0 Å². The molecule has 26 heavy (non-hydrogen) atoms. The van der Waals surface area contributed by atoms with Crippen LogP contribution < -0.4 is 0 Å². The van der Waals surface area contributed by atoms with Gasteiger partial charge in [0.15, 0.2) is 0 Å². The molecule has 3 aromatic rings. The normalized spacial score (nSPS) is 9.69. The number of hydrogen-bond donors (Lipinski definition) is 4. The van der Waals surface area contributed by atoms with Crippen LogP contribution in [-0.4, -0.2) is 58.8 Å². The molecule has 0 radical (unpaired) electrons. The molecule has 0 aliphatic carbocycles. The van der Waals surface area contributed by atoms with Crippen LogP contribution >= 0.6 is 0 Å². The molecule has 0 aliphatic rings. The summed E-state index contributed by atoms with van der Waals surface area (Å²) in [5.74, 6) is -3.56. The fraction of sp³-hybridized carbons (Fsp3) is 0. The summed E-state index contributed by atoms with van der Waals surface area (Å²) in [6, 6.07) is 6.40. The molecule has 0 saturated heterocycles. The van der Waals surface area contributed by atoms with E-state index in [0.717, 1.165) is 23.8 Å². The van der Waals surface area contributed by atoms with Gasteiger partial charge in [-0.25, -0.2) is 14.4 Å². The minimum absolute atomic E-state index is 0.368. The van der Waals surface area contributed by atoms with Crippen LogP contribution in [0.3, 0.4) is 0 Å². The van der Waals surface area contributed by atoms with Gasteiger partial charge in [0.1, 0.15) is 0 Å². The highest BCUT2D eigenvalue weighted by Crippen LogP contribution is 2.11. The second-order valence-corrected chi connectivity index (χ2v) is 4.69. The van der Waals surface area contributed by atoms with Gasteiger partial charge in [0.05, 0.1) is 16.7 Å². The maximum absolute atomic E-state index is 10.6. The van der Waals surface area contributed by atoms with E-state index in [0.29, 0.717) is 5.82 Å². The highest BCUT2D eigenvalue weighted by molar-refractivity contribution is 5.98. The Balaban J connectivity index is 0.000000195. The minimum Gasteiger partial charge on any atom is -0.478 e. The molecule has 132 valence electrons. The third-order valence-electron chi connectivity index (χ3n) is 2.94. The summed E-state index contributed by atoms with van der Waals surface area (Å²) in [5.41, 5.74) is -0.242. The largest absolute Gasteiger partial charge is 0.478 e. The van der Waals surface area contributed by atoms with Gasteiger partial charge in [0.25, 0.3) is 0 Å². The molecule has 0 amide bonds. The summed E-state index contributed by atoms with van der Waals surface area (Å²) >= 11 is 0. The summed E-state index contributed by atoms with van der Waals surface area (Å²) in [6.07, 6.45) is 3.38. The van der Waals surface area contributed by atoms with Crippen LogP contribution in [0.15, 0.2) is 42.7 Å². The Kier molecular flexibility index (Phi) is 5.67. The Morgan fingerprint density at radius 3 is 1.77 bits per heavy atom. The summed E-state index contributed by atoms with van der Waals surface area (Å²) in [4.78, 5) is 35.6. The van der Waals surface area contributed by atoms with Gasteiger partial charge < -0.3 is 15.3 Å². The van der Waals surface area contributed by atoms with Crippen molar-refractivity contribution in [2.24, 2.45) is 0 Å². The summed E-state index contributed by atoms with van der Waals surface area (Å²) in [5, 5.41) is 39.2. The molecule has 0 atom stereocenters. The zero-order valence-electron chi connectivity index (χ0n) is 12.9. The first-order valence-corrected chi connectivity index (χ1v) is 6.87. The molecular formula is C15H11N5O6. The topological polar surface area (TPSA) is 179 Å². The van der Waals surface area contributed by atoms with Crippen LogP contribution in [-0.2, 0) is 0 Å². The maximum atomic E-state index is 10.6. The van der Waals surface area contributed by atoms with Crippen LogP contribution in [0, 0.1) is 0 Å². The molecule has 2 heterocycles. The molecule has 1 aromatic carbocycles. The molecule has 2 aromatic heterocycles. The highest BCUT2D eigenvalue weighted by Gasteiger charge is 2.14. The third-order valence-corrected chi connectivity index (χ3v) is 2.94. The van der Waals surface area contributed by atoms with Gasteiger partial charge in [-0.2, -0.15) is 5.21 Å². The van der Waals surface area contributed by atoms with Gasteiger partial charge in [-0.1, -0.05) is 0 Å². The lowest BCUT2D eigenvalue weighted by molar-refractivity contribution is 0.0696. The van der Waals surface area contributed by atoms with Gasteiger partial charge in [-0.05, 0) is 35.5 Å². The van der Waals surface area contributed by atoms with Gasteiger partial charge in [0.2, 0.25) is 5.82 Å². The molecule has 0 spiro atoms. The molecular weight excluding hydrogens is 346 g/mol. The van der Waals surface area contributed by atoms with Crippen molar-refractivity contribution in [1.29, 1.82) is 0 Å². The van der Waals surface area contributed by atoms with Crippen LogP contribution in [0.1, 0.15) is 31.1 Å². The quantitative estimate of drug-likeness (QED) is 0.527. The highest BCUT2D eigenvalue weighted by atomic mass is 16.4. The number of carbonyl (C=O) groups is 3. The van der Waals surface area contributed by atoms with E-state index in [1.165, 1.54) is 0 Å². The van der Waals surface area contributed by atoms with Gasteiger partial charge in [0, 0.05) is 18.0 Å². The fourth-order valence-electron chi connectivity index (χ4n) is 1.78. The average Bonchev–Trinajstić information content (AvgIpc) is 3.17. The first kappa shape index (κ1) is 18.2. The van der Waals surface area contributed by atoms with E-state index in [2.05, 4.69) is 25.6 Å². The molecule has 0 bridgehead atoms. The van der Waals surface area contributed by atoms with Crippen molar-refractivity contribution in [1.82, 2.24) is 25.6 Å². The van der Waals surface area contributed by atoms with Crippen molar-refractivity contribution < 1.29 is 29.7 Å². The lowest BCUT2D eigenvalue weighted by atomic mass is 10.1. The van der Waals surface area contributed by atoms with Crippen molar-refractivity contribution in [3.8, 4) is 11.4 Å². The minimum atomic E-state index is -1.37. The van der Waals surface area contributed by atoms with E-state index in [1.807, 2.05) is 12.1 Å². The van der Waals surface area contributed by atoms with E-state index in [1.54, 1.807) is 12.4 Å². The van der Waals surface area contributed by atoms with Crippen LogP contribution in [0.4, 0.5) is 0 Å². The number of carboxylic acids is 3. The number of pyridine rings is 1. The Hall–Kier alpha value is -4.15. The van der Waals surface area contributed by atoms with E-state index < -0.39 is 17.9 Å². The number of nitrogens with one attached hydrogen (secondary N) is 1. The maximum Gasteiger partial charge on any atom is 0.335 e. The molecule has 11 heteroatoms. The monoisotopic (exact) mass is 357 g/mol. The number of H-pyrrole nitrogens is 1. The van der Waals surface area contributed by atoms with E-state index in [-0.39, 0.29) is 16.7 Å². The van der Waals surface area contributed by atoms with Crippen molar-refractivity contribution in [2.75, 3.05) is 0 Å². The molecule has 0 fully saturated rings. The molecule has 3 rings (SSSR count). The second kappa shape index (κ2) is 8.10. The molecule has 0 unspecified atom stereocenters. The summed E-state index contributed by atoms with van der Waals surface area (Å²) in [6.45, 7) is 0. The van der Waals surface area contributed by atoms with E-state index in [4.69, 9.17) is 15.3 Å². The number of benzene rings is 1. The second-order valence-electron chi connectivity index (χ2n) is 4.69. The van der Waals surface area contributed by atoms with Gasteiger partial charge >= 0.3 is 17.9 Å². The SMILES string of the molecule is O=C(O)c1cc(C(=O)O)cc(C(=O)O)c1.c1cncc(-c2nn[nH]n2)c1. The number of aromatic nitrogens is 5. The predicted molar refractivity (Wildman–Crippen MR) is 84.7 cm³/mol. The lowest BCUT2D eigenvalue weighted by Gasteiger charge is -2.00. The molecule has 4 N–H and O–H groups in total. The van der Waals surface area contributed by atoms with Crippen molar-refractivity contribution in [3.05, 3.63) is 59.4 Å². The first-order chi connectivity index (χ1) is 12.4. The van der Waals surface area contributed by atoms with Crippen LogP contribution in [0.2, 0.25) is 0 Å². The Labute approximate surface area is 145 Å². The summed E-state index contributed by atoms with van der Waals surface area (Å²) < 4.78 is 0. The number of rotatable bonds is 4. The zero-order valence-corrected chi connectivity index (χ0v) is 12.9. The molecule has 11 nitrogen and oxygen atoms in total. The van der Waals surface area contributed by atoms with Gasteiger partial charge in [-0.15, -0.1) is 10.2 Å². The number of hydrogen-bond acceptors (Lipinski definition) is 7. The van der Waals surface area contributed by atoms with Crippen LogP contribution in [0.25, 0.3) is 11.4 Å². The zero-order chi connectivity index (χ0) is 19.1. The van der Waals surface area contributed by atoms with Crippen LogP contribution in [0.5, 0.6) is 0 Å². The smallest absolute Gasteiger partial charge is 0.335 e. The Morgan fingerprint density at radius 1 is 0.885 bits per heavy atom. The number of carboxylic acid groups (broad SMARTS) is 3. The Morgan fingerprint density at radius 2 is 1.42 bits per heavy atom. The fourth-order valence-corrected chi connectivity index (χ4v) is 1.78. The average molecular weight is 357 g/mol. The predicted octanol–water partition coefficient (Wildman–Crippen LogP) is 1.04. The van der Waals surface area contributed by atoms with Crippen molar-refractivity contribution in [2.45, 2.75) is 0 Å². The Bertz CT molecular complexity index is 848. The number of nitrogens with zero attached hydrogens (tertiary/aromatic N) is 4. The van der Waals surface area contributed by atoms with Gasteiger partial charge in [-0.3, -0.25) is 4.98 Å². The third kappa shape index (κ3) is 4.67. The lowest BCUT2D eigenvalue weighted by Crippen LogP contribution is -2.07. The first-order valence-electron chi connectivity index (χ1n) is 6.87. The summed E-state index contributed by atoms with van der Waals surface area (Å²) in [7, 11) is 0. The molecule has 0 aliphatic heterocycles. The number of aromatic amines is 1. The van der Waals surface area contributed by atoms with Crippen molar-refractivity contribution >= 4 is 17.9 Å². The molecule has 0 saturated carbocycles. The number of tetrazole rings is 1.